The average molecular weight is 1180 g/mol. The van der Waals surface area contributed by atoms with Gasteiger partial charge >= 0.3 is 5.97 Å². The number of methoxy groups -OCH3 is 1. The molecular formula is C54H64O29. The molecule has 3 saturated heterocycles. The number of ether oxygens (including phenoxy) is 5. The molecule has 0 saturated carbocycles. The standard InChI is InChI=1S/C54H64O29/c1-23(57)35(63)43-40(68)39(67)42(70)48(82-43)54(78,51(75,46(73)36(64)24(2)58)33(61)17-12-25-9-14-28(59)15-10-25)53(77,47-41(69)38(66)37(65)31(20-55)81-47)49(74)50(22-80-34(62)18-13-26-11-16-29(60)30(19-26)79-3)52(76,45(72)32(21-56)83-50)44(71)27-7-5-4-6-8-27/h4-19,31-32,35-43,45-48,55-56,59-60,63-70,72-73,75-78H,20-22H2,1-3H3/t31-,32-,35?,36?,37-,38+,39+,40+,41-,42-,43-,45-,46-,47?,48?,50?,51-,52-,53+,54+/m1/s1. The van der Waals surface area contributed by atoms with E-state index in [1.807, 2.05) is 0 Å². The van der Waals surface area contributed by atoms with E-state index in [1.165, 1.54) is 25.3 Å². The number of phenolic OH excluding ortho intramolecular Hbond substituents is 2. The number of Topliss-reactive ketones (excluding diaryl/α,β-unsaturated/α-hetero) is 4. The Balaban J connectivity index is 1.83. The van der Waals surface area contributed by atoms with E-state index >= 15 is 14.4 Å². The second-order valence-corrected chi connectivity index (χ2v) is 20.2. The van der Waals surface area contributed by atoms with E-state index in [2.05, 4.69) is 0 Å². The summed E-state index contributed by atoms with van der Waals surface area (Å²) in [6.07, 6.45) is -44.2. The van der Waals surface area contributed by atoms with Crippen LogP contribution in [0.15, 0.2) is 84.9 Å². The van der Waals surface area contributed by atoms with Crippen molar-refractivity contribution in [3.8, 4) is 17.2 Å². The van der Waals surface area contributed by atoms with Crippen LogP contribution in [0.1, 0.15) is 35.3 Å². The molecule has 3 heterocycles. The summed E-state index contributed by atoms with van der Waals surface area (Å²) in [5, 5.41) is 214. The molecule has 83 heavy (non-hydrogen) atoms. The lowest BCUT2D eigenvalue weighted by molar-refractivity contribution is -0.372. The molecule has 29 nitrogen and oxygen atoms in total. The minimum Gasteiger partial charge on any atom is -0.508 e. The Morgan fingerprint density at radius 3 is 1.82 bits per heavy atom. The molecule has 0 aromatic heterocycles. The molecule has 0 aliphatic carbocycles. The molecule has 5 unspecified atom stereocenters. The third-order valence-corrected chi connectivity index (χ3v) is 15.2. The monoisotopic (exact) mass is 1180 g/mol. The Morgan fingerprint density at radius 1 is 0.687 bits per heavy atom. The largest absolute Gasteiger partial charge is 0.508 e. The molecule has 3 aliphatic heterocycles. The van der Waals surface area contributed by atoms with Gasteiger partial charge in [-0.05, 0) is 61.4 Å². The quantitative estimate of drug-likeness (QED) is 0.0238. The van der Waals surface area contributed by atoms with Crippen LogP contribution in [0.2, 0.25) is 0 Å². The Labute approximate surface area is 469 Å². The fourth-order valence-electron chi connectivity index (χ4n) is 10.4. The Morgan fingerprint density at radius 2 is 1.25 bits per heavy atom. The molecule has 0 radical (unpaired) electrons. The first-order valence-corrected chi connectivity index (χ1v) is 25.1. The van der Waals surface area contributed by atoms with Crippen LogP contribution in [0.4, 0.5) is 0 Å². The highest BCUT2D eigenvalue weighted by molar-refractivity contribution is 6.12. The van der Waals surface area contributed by atoms with Crippen LogP contribution < -0.4 is 4.74 Å². The SMILES string of the molecule is COc1cc(C=CC(=O)OCC2(C(=O)[C@@](O)(C3O[C@H](CO)[C@@H](O)[C@H](O)[C@H]3O)[C@](O)(C3O[C@H](C(O)C(C)=O)[C@@H](O)[C@H](O)[C@H]3O)[C@@](O)(C(=O)C=Cc3ccc(O)cc3)[C@H](O)C(O)C(C)=O)O[C@H](CO)[C@@H](O)[C@]2(O)C(=O)c2ccccc2)ccc1O. The lowest BCUT2D eigenvalue weighted by Gasteiger charge is -2.62. The molecule has 6 rings (SSSR count). The molecule has 0 amide bonds. The topological polar surface area (TPSA) is 513 Å². The zero-order chi connectivity index (χ0) is 62.1. The third-order valence-electron chi connectivity index (χ3n) is 15.2. The number of carbonyl (C=O) groups is 6. The molecule has 29 heteroatoms. The smallest absolute Gasteiger partial charge is 0.330 e. The first-order chi connectivity index (χ1) is 38.8. The van der Waals surface area contributed by atoms with Crippen LogP contribution in [0.5, 0.6) is 17.2 Å². The van der Waals surface area contributed by atoms with Crippen molar-refractivity contribution in [1.82, 2.24) is 0 Å². The number of carbonyl (C=O) groups excluding carboxylic acids is 6. The number of hydrogen-bond acceptors (Lipinski definition) is 29. The van der Waals surface area contributed by atoms with Crippen molar-refractivity contribution in [3.05, 3.63) is 102 Å². The van der Waals surface area contributed by atoms with Gasteiger partial charge in [0.25, 0.3) is 0 Å². The van der Waals surface area contributed by atoms with Gasteiger partial charge in [-0.25, -0.2) is 4.79 Å². The minimum absolute atomic E-state index is 0.0642. The van der Waals surface area contributed by atoms with Gasteiger partial charge in [0.05, 0.1) is 20.3 Å². The van der Waals surface area contributed by atoms with E-state index in [-0.39, 0.29) is 34.5 Å². The number of aromatic hydroxyl groups is 2. The summed E-state index contributed by atoms with van der Waals surface area (Å²) >= 11 is 0. The molecule has 0 spiro atoms. The highest BCUT2D eigenvalue weighted by Crippen LogP contribution is 2.55. The van der Waals surface area contributed by atoms with Gasteiger partial charge in [-0.3, -0.25) is 24.0 Å². The van der Waals surface area contributed by atoms with Crippen molar-refractivity contribution in [2.75, 3.05) is 26.9 Å². The highest BCUT2D eigenvalue weighted by atomic mass is 16.6. The third kappa shape index (κ3) is 11.3. The fraction of sp³-hybridized carbons (Fsp3) is 0.481. The maximum absolute atomic E-state index is 17.0. The van der Waals surface area contributed by atoms with Crippen molar-refractivity contribution < 1.29 is 144 Å². The van der Waals surface area contributed by atoms with Crippen LogP contribution in [0.25, 0.3) is 12.2 Å². The number of esters is 1. The number of hydrogen-bond donors (Lipinski definition) is 18. The lowest BCUT2D eigenvalue weighted by Crippen LogP contribution is -2.91. The molecule has 3 aromatic rings. The summed E-state index contributed by atoms with van der Waals surface area (Å²) in [5.74, 6) is -12.9. The van der Waals surface area contributed by atoms with Crippen LogP contribution >= 0.6 is 0 Å². The van der Waals surface area contributed by atoms with Crippen LogP contribution in [-0.2, 0) is 42.9 Å². The van der Waals surface area contributed by atoms with Crippen molar-refractivity contribution >= 4 is 47.0 Å². The van der Waals surface area contributed by atoms with Gasteiger partial charge in [-0.15, -0.1) is 0 Å². The van der Waals surface area contributed by atoms with Gasteiger partial charge in [-0.1, -0.05) is 54.6 Å². The molecule has 454 valence electrons. The number of aliphatic hydroxyl groups is 16. The first kappa shape index (κ1) is 65.7. The number of rotatable bonds is 23. The van der Waals surface area contributed by atoms with Crippen molar-refractivity contribution in [2.45, 2.75) is 133 Å². The lowest BCUT2D eigenvalue weighted by atomic mass is 9.54. The summed E-state index contributed by atoms with van der Waals surface area (Å²) in [5.41, 5.74) is -25.5. The molecule has 20 atom stereocenters. The molecular weight excluding hydrogens is 1110 g/mol. The Hall–Kier alpha value is -6.40. The van der Waals surface area contributed by atoms with Gasteiger partial charge < -0.3 is 116 Å². The Bertz CT molecular complexity index is 2920. The molecule has 3 aliphatic rings. The molecule has 18 N–H and O–H groups in total. The van der Waals surface area contributed by atoms with E-state index in [9.17, 15) is 106 Å². The first-order valence-electron chi connectivity index (χ1n) is 25.1. The fourth-order valence-corrected chi connectivity index (χ4v) is 10.4. The summed E-state index contributed by atoms with van der Waals surface area (Å²) < 4.78 is 27.6. The number of benzene rings is 3. The summed E-state index contributed by atoms with van der Waals surface area (Å²) in [4.78, 5) is 87.6. The number of phenols is 2. The van der Waals surface area contributed by atoms with Crippen LogP contribution in [0, 0.1) is 0 Å². The normalized spacial score (nSPS) is 32.6. The average Bonchev–Trinajstić information content (AvgIpc) is 1.67. The van der Waals surface area contributed by atoms with Crippen LogP contribution in [-0.4, -0.2) is 273 Å². The Kier molecular flexibility index (Phi) is 20.2. The van der Waals surface area contributed by atoms with Crippen molar-refractivity contribution in [1.29, 1.82) is 0 Å². The minimum atomic E-state index is -5.43. The summed E-state index contributed by atoms with van der Waals surface area (Å²) in [6, 6.07) is 13.2. The van der Waals surface area contributed by atoms with Crippen molar-refractivity contribution in [2.24, 2.45) is 0 Å². The highest BCUT2D eigenvalue weighted by Gasteiger charge is 2.85. The maximum Gasteiger partial charge on any atom is 0.330 e. The zero-order valence-electron chi connectivity index (χ0n) is 44.1. The number of aliphatic hydroxyl groups excluding tert-OH is 12. The van der Waals surface area contributed by atoms with Gasteiger partial charge in [0, 0.05) is 11.6 Å². The van der Waals surface area contributed by atoms with E-state index in [4.69, 9.17) is 23.7 Å². The van der Waals surface area contributed by atoms with E-state index in [0.29, 0.717) is 26.0 Å². The molecule has 3 aromatic carbocycles. The van der Waals surface area contributed by atoms with Gasteiger partial charge in [0.1, 0.15) is 104 Å². The van der Waals surface area contributed by atoms with E-state index in [1.54, 1.807) is 0 Å². The van der Waals surface area contributed by atoms with Gasteiger partial charge in [-0.2, -0.15) is 0 Å². The second-order valence-electron chi connectivity index (χ2n) is 20.2. The van der Waals surface area contributed by atoms with E-state index < -0.39 is 180 Å². The zero-order valence-corrected chi connectivity index (χ0v) is 44.1. The van der Waals surface area contributed by atoms with Gasteiger partial charge in [0.15, 0.2) is 51.3 Å². The summed E-state index contributed by atoms with van der Waals surface area (Å²) in [7, 11) is 1.17. The molecule has 0 bridgehead atoms. The van der Waals surface area contributed by atoms with E-state index in [0.717, 1.165) is 60.7 Å². The maximum atomic E-state index is 17.0. The van der Waals surface area contributed by atoms with Gasteiger partial charge in [0.2, 0.25) is 17.2 Å². The predicted octanol–water partition coefficient (Wildman–Crippen LogP) is -7.23. The van der Waals surface area contributed by atoms with Crippen molar-refractivity contribution in [3.63, 3.8) is 0 Å². The predicted molar refractivity (Wildman–Crippen MR) is 273 cm³/mol. The number of ketones is 5. The molecule has 3 fully saturated rings. The second kappa shape index (κ2) is 25.4. The summed E-state index contributed by atoms with van der Waals surface area (Å²) in [6.45, 7) is -4.25. The van der Waals surface area contributed by atoms with Crippen LogP contribution in [0.3, 0.4) is 0 Å².